The predicted octanol–water partition coefficient (Wildman–Crippen LogP) is 1.98. The normalized spacial score (nSPS) is 21.8. The highest BCUT2D eigenvalue weighted by atomic mass is 16.2. The van der Waals surface area contributed by atoms with Crippen LogP contribution in [0.4, 0.5) is 0 Å². The van der Waals surface area contributed by atoms with E-state index >= 15 is 0 Å². The molecule has 1 saturated heterocycles. The van der Waals surface area contributed by atoms with Crippen molar-refractivity contribution in [3.63, 3.8) is 0 Å². The number of piperidine rings is 1. The van der Waals surface area contributed by atoms with Crippen molar-refractivity contribution >= 4 is 5.91 Å². The number of hydrogen-bond donors (Lipinski definition) is 1. The maximum Gasteiger partial charge on any atom is 0.224 e. The van der Waals surface area contributed by atoms with E-state index < -0.39 is 0 Å². The van der Waals surface area contributed by atoms with Gasteiger partial charge in [-0.1, -0.05) is 27.7 Å². The van der Waals surface area contributed by atoms with E-state index in [0.717, 1.165) is 25.3 Å². The Hall–Kier alpha value is -1.36. The van der Waals surface area contributed by atoms with Gasteiger partial charge in [0.1, 0.15) is 5.82 Å². The van der Waals surface area contributed by atoms with Gasteiger partial charge in [-0.05, 0) is 11.8 Å². The molecule has 2 N–H and O–H groups in total. The van der Waals surface area contributed by atoms with Gasteiger partial charge < -0.3 is 15.2 Å². The molecular formula is C16H28N4O. The molecule has 0 bridgehead atoms. The number of carbonyl (C=O) groups is 1. The lowest BCUT2D eigenvalue weighted by atomic mass is 9.79. The lowest BCUT2D eigenvalue weighted by Gasteiger charge is -2.42. The summed E-state index contributed by atoms with van der Waals surface area (Å²) in [7, 11) is 0. The molecule has 0 radical (unpaired) electrons. The third-order valence-electron chi connectivity index (χ3n) is 4.50. The fourth-order valence-electron chi connectivity index (χ4n) is 2.97. The molecule has 21 heavy (non-hydrogen) atoms. The first-order chi connectivity index (χ1) is 9.81. The van der Waals surface area contributed by atoms with Crippen LogP contribution in [-0.2, 0) is 11.3 Å². The predicted molar refractivity (Wildman–Crippen MR) is 83.9 cm³/mol. The lowest BCUT2D eigenvalue weighted by molar-refractivity contribution is -0.134. The van der Waals surface area contributed by atoms with Crippen LogP contribution >= 0.6 is 0 Å². The van der Waals surface area contributed by atoms with E-state index in [1.807, 2.05) is 17.3 Å². The number of rotatable bonds is 4. The number of carbonyl (C=O) groups excluding carboxylic acids is 1. The Bertz CT molecular complexity index is 492. The molecule has 2 heterocycles. The standard InChI is InChI=1S/C16H28N4O/c1-12(2)15-18-7-10-19(15)9-6-14(21)20-8-5-13(17)16(3,4)11-20/h7,10,12-13H,5-6,8-9,11,17H2,1-4H3. The Labute approximate surface area is 127 Å². The minimum Gasteiger partial charge on any atom is -0.342 e. The Morgan fingerprint density at radius 1 is 1.52 bits per heavy atom. The molecule has 5 heteroatoms. The van der Waals surface area contributed by atoms with Crippen LogP contribution in [0, 0.1) is 5.41 Å². The van der Waals surface area contributed by atoms with Crippen LogP contribution in [0.25, 0.3) is 0 Å². The molecular weight excluding hydrogens is 264 g/mol. The molecule has 1 aromatic heterocycles. The molecule has 1 aromatic rings. The van der Waals surface area contributed by atoms with Crippen LogP contribution in [-0.4, -0.2) is 39.5 Å². The van der Waals surface area contributed by atoms with Gasteiger partial charge in [0.25, 0.3) is 0 Å². The van der Waals surface area contributed by atoms with Crippen LogP contribution in [0.3, 0.4) is 0 Å². The second-order valence-electron chi connectivity index (χ2n) is 7.08. The fraction of sp³-hybridized carbons (Fsp3) is 0.750. The SMILES string of the molecule is CC(C)c1nccn1CCC(=O)N1CCC(N)C(C)(C)C1. The summed E-state index contributed by atoms with van der Waals surface area (Å²) in [6.45, 7) is 10.8. The highest BCUT2D eigenvalue weighted by molar-refractivity contribution is 5.76. The van der Waals surface area contributed by atoms with E-state index in [9.17, 15) is 4.79 Å². The summed E-state index contributed by atoms with van der Waals surface area (Å²) in [6.07, 6.45) is 5.18. The molecule has 5 nitrogen and oxygen atoms in total. The molecule has 118 valence electrons. The van der Waals surface area contributed by atoms with E-state index in [2.05, 4.69) is 37.2 Å². The molecule has 1 aliphatic rings. The van der Waals surface area contributed by atoms with Crippen LogP contribution in [0.2, 0.25) is 0 Å². The number of amides is 1. The van der Waals surface area contributed by atoms with E-state index in [-0.39, 0.29) is 17.4 Å². The number of nitrogens with zero attached hydrogens (tertiary/aromatic N) is 3. The zero-order chi connectivity index (χ0) is 15.6. The van der Waals surface area contributed by atoms with E-state index in [4.69, 9.17) is 5.73 Å². The van der Waals surface area contributed by atoms with Gasteiger partial charge in [-0.3, -0.25) is 4.79 Å². The maximum atomic E-state index is 12.4. The second kappa shape index (κ2) is 6.18. The van der Waals surface area contributed by atoms with Crippen LogP contribution in [0.15, 0.2) is 12.4 Å². The third-order valence-corrected chi connectivity index (χ3v) is 4.50. The lowest BCUT2D eigenvalue weighted by Crippen LogP contribution is -2.54. The number of nitrogens with two attached hydrogens (primary N) is 1. The summed E-state index contributed by atoms with van der Waals surface area (Å²) in [4.78, 5) is 18.7. The molecule has 0 saturated carbocycles. The highest BCUT2D eigenvalue weighted by Gasteiger charge is 2.35. The van der Waals surface area contributed by atoms with Gasteiger partial charge in [-0.2, -0.15) is 0 Å². The largest absolute Gasteiger partial charge is 0.342 e. The average Bonchev–Trinajstić information content (AvgIpc) is 2.87. The van der Waals surface area contributed by atoms with Crippen molar-refractivity contribution < 1.29 is 4.79 Å². The monoisotopic (exact) mass is 292 g/mol. The Kier molecular flexibility index (Phi) is 4.71. The molecule has 1 unspecified atom stereocenters. The number of aryl methyl sites for hydroxylation is 1. The van der Waals surface area contributed by atoms with Crippen molar-refractivity contribution in [3.8, 4) is 0 Å². The first-order valence-corrected chi connectivity index (χ1v) is 7.85. The number of hydrogen-bond acceptors (Lipinski definition) is 3. The third kappa shape index (κ3) is 3.64. The fourth-order valence-corrected chi connectivity index (χ4v) is 2.97. The number of aromatic nitrogens is 2. The van der Waals surface area contributed by atoms with E-state index in [1.165, 1.54) is 0 Å². The molecule has 1 amide bonds. The van der Waals surface area contributed by atoms with Crippen LogP contribution < -0.4 is 5.73 Å². The van der Waals surface area contributed by atoms with Gasteiger partial charge in [-0.25, -0.2) is 4.98 Å². The summed E-state index contributed by atoms with van der Waals surface area (Å²) < 4.78 is 2.09. The van der Waals surface area contributed by atoms with Gasteiger partial charge in [0.15, 0.2) is 0 Å². The summed E-state index contributed by atoms with van der Waals surface area (Å²) in [5.74, 6) is 1.64. The number of likely N-dealkylation sites (tertiary alicyclic amines) is 1. The molecule has 1 fully saturated rings. The van der Waals surface area contributed by atoms with Gasteiger partial charge in [0.2, 0.25) is 5.91 Å². The zero-order valence-electron chi connectivity index (χ0n) is 13.7. The van der Waals surface area contributed by atoms with Crippen molar-refractivity contribution in [2.45, 2.75) is 59.0 Å². The summed E-state index contributed by atoms with van der Waals surface area (Å²) in [5.41, 5.74) is 6.13. The van der Waals surface area contributed by atoms with Crippen molar-refractivity contribution in [2.75, 3.05) is 13.1 Å². The Morgan fingerprint density at radius 2 is 2.24 bits per heavy atom. The van der Waals surface area contributed by atoms with Crippen LogP contribution in [0.5, 0.6) is 0 Å². The first kappa shape index (κ1) is 16.0. The molecule has 0 aromatic carbocycles. The average molecular weight is 292 g/mol. The minimum absolute atomic E-state index is 0.00596. The van der Waals surface area contributed by atoms with E-state index in [1.54, 1.807) is 0 Å². The Morgan fingerprint density at radius 3 is 2.86 bits per heavy atom. The maximum absolute atomic E-state index is 12.4. The highest BCUT2D eigenvalue weighted by Crippen LogP contribution is 2.28. The Balaban J connectivity index is 1.92. The summed E-state index contributed by atoms with van der Waals surface area (Å²) in [5, 5.41) is 0. The van der Waals surface area contributed by atoms with E-state index in [0.29, 0.717) is 18.9 Å². The molecule has 1 aliphatic heterocycles. The second-order valence-corrected chi connectivity index (χ2v) is 7.08. The first-order valence-electron chi connectivity index (χ1n) is 7.85. The van der Waals surface area contributed by atoms with Gasteiger partial charge in [0.05, 0.1) is 0 Å². The smallest absolute Gasteiger partial charge is 0.224 e. The van der Waals surface area contributed by atoms with Gasteiger partial charge in [0, 0.05) is 50.4 Å². The van der Waals surface area contributed by atoms with Crippen LogP contribution in [0.1, 0.15) is 52.3 Å². The summed E-state index contributed by atoms with van der Waals surface area (Å²) in [6, 6.07) is 0.183. The van der Waals surface area contributed by atoms with Gasteiger partial charge in [-0.15, -0.1) is 0 Å². The minimum atomic E-state index is 0.00596. The van der Waals surface area contributed by atoms with Gasteiger partial charge >= 0.3 is 0 Å². The topological polar surface area (TPSA) is 64.2 Å². The van der Waals surface area contributed by atoms with Crippen molar-refractivity contribution in [2.24, 2.45) is 11.1 Å². The number of imidazole rings is 1. The molecule has 0 aliphatic carbocycles. The molecule has 2 rings (SSSR count). The molecule has 1 atom stereocenters. The van der Waals surface area contributed by atoms with Crippen molar-refractivity contribution in [3.05, 3.63) is 18.2 Å². The van der Waals surface area contributed by atoms with Crippen molar-refractivity contribution in [1.29, 1.82) is 0 Å². The zero-order valence-corrected chi connectivity index (χ0v) is 13.7. The quantitative estimate of drug-likeness (QED) is 0.923. The summed E-state index contributed by atoms with van der Waals surface area (Å²) >= 11 is 0. The molecule has 0 spiro atoms. The van der Waals surface area contributed by atoms with Crippen molar-refractivity contribution in [1.82, 2.24) is 14.5 Å².